The van der Waals surface area contributed by atoms with Crippen molar-refractivity contribution in [2.75, 3.05) is 59.0 Å². The number of aromatic nitrogens is 1. The van der Waals surface area contributed by atoms with Crippen molar-refractivity contribution in [1.82, 2.24) is 30.3 Å². The topological polar surface area (TPSA) is 150 Å². The molecule has 0 radical (unpaired) electrons. The number of halogens is 3. The van der Waals surface area contributed by atoms with Gasteiger partial charge in [0.05, 0.1) is 18.7 Å². The second kappa shape index (κ2) is 15.8. The third-order valence-electron chi connectivity index (χ3n) is 7.86. The minimum absolute atomic E-state index is 0.0661. The van der Waals surface area contributed by atoms with E-state index in [-0.39, 0.29) is 36.9 Å². The Bertz CT molecular complexity index is 1480. The molecule has 16 heteroatoms. The molecular formula is C31H39F3N6O7. The molecule has 47 heavy (non-hydrogen) atoms. The van der Waals surface area contributed by atoms with Gasteiger partial charge in [-0.15, -0.1) is 0 Å². The molecule has 2 aromatic rings. The van der Waals surface area contributed by atoms with E-state index in [0.29, 0.717) is 50.1 Å². The Labute approximate surface area is 269 Å². The van der Waals surface area contributed by atoms with Crippen molar-refractivity contribution in [3.05, 3.63) is 35.5 Å². The molecule has 256 valence electrons. The number of hydrogen-bond acceptors (Lipinski definition) is 8. The third-order valence-corrected chi connectivity index (χ3v) is 7.86. The zero-order valence-corrected chi connectivity index (χ0v) is 26.4. The van der Waals surface area contributed by atoms with Crippen molar-refractivity contribution in [2.24, 2.45) is 0 Å². The van der Waals surface area contributed by atoms with Crippen LogP contribution in [0.2, 0.25) is 0 Å². The van der Waals surface area contributed by atoms with Crippen LogP contribution >= 0.6 is 0 Å². The van der Waals surface area contributed by atoms with Crippen LogP contribution in [0.15, 0.2) is 24.3 Å². The fourth-order valence-electron chi connectivity index (χ4n) is 5.30. The average molecular weight is 665 g/mol. The highest BCUT2D eigenvalue weighted by molar-refractivity contribution is 5.99. The van der Waals surface area contributed by atoms with Crippen LogP contribution < -0.4 is 15.4 Å². The summed E-state index contributed by atoms with van der Waals surface area (Å²) in [5.74, 6) is -2.33. The predicted octanol–water partition coefficient (Wildman–Crippen LogP) is 2.40. The quantitative estimate of drug-likeness (QED) is 0.348. The molecule has 13 nitrogen and oxygen atoms in total. The van der Waals surface area contributed by atoms with Gasteiger partial charge in [-0.1, -0.05) is 19.4 Å². The molecule has 5 amide bonds. The molecule has 2 aliphatic rings. The minimum atomic E-state index is -4.58. The van der Waals surface area contributed by atoms with E-state index in [1.54, 1.807) is 23.1 Å². The maximum Gasteiger partial charge on any atom is 0.409 e. The van der Waals surface area contributed by atoms with Crippen LogP contribution in [-0.2, 0) is 19.1 Å². The smallest absolute Gasteiger partial charge is 0.409 e. The van der Waals surface area contributed by atoms with E-state index in [4.69, 9.17) is 9.47 Å². The maximum absolute atomic E-state index is 13.1. The first-order valence-corrected chi connectivity index (χ1v) is 15.5. The Hall–Kier alpha value is -4.63. The first-order chi connectivity index (χ1) is 22.4. The second-order valence-electron chi connectivity index (χ2n) is 11.4. The molecule has 2 saturated heterocycles. The second-order valence-corrected chi connectivity index (χ2v) is 11.4. The van der Waals surface area contributed by atoms with Gasteiger partial charge in [-0.3, -0.25) is 19.2 Å². The predicted molar refractivity (Wildman–Crippen MR) is 163 cm³/mol. The summed E-state index contributed by atoms with van der Waals surface area (Å²) in [5, 5.41) is 4.90. The molecule has 2 aliphatic heterocycles. The Morgan fingerprint density at radius 2 is 1.70 bits per heavy atom. The Morgan fingerprint density at radius 1 is 0.979 bits per heavy atom. The molecule has 0 spiro atoms. The molecule has 1 atom stereocenters. The van der Waals surface area contributed by atoms with Crippen LogP contribution in [-0.4, -0.2) is 121 Å². The highest BCUT2D eigenvalue weighted by Crippen LogP contribution is 2.27. The highest BCUT2D eigenvalue weighted by atomic mass is 19.4. The number of nitrogens with zero attached hydrogens (tertiary/aromatic N) is 4. The fraction of sp³-hybridized carbons (Fsp3) is 0.548. The maximum atomic E-state index is 13.1. The summed E-state index contributed by atoms with van der Waals surface area (Å²) in [6.07, 6.45) is -2.65. The first-order valence-electron chi connectivity index (χ1n) is 15.5. The number of unbranched alkanes of at least 4 members (excludes halogenated alkanes) is 1. The van der Waals surface area contributed by atoms with E-state index in [1.807, 2.05) is 19.2 Å². The molecule has 1 aromatic carbocycles. The zero-order valence-electron chi connectivity index (χ0n) is 26.4. The molecule has 0 aliphatic carbocycles. The van der Waals surface area contributed by atoms with Crippen molar-refractivity contribution in [3.8, 4) is 5.75 Å². The lowest BCUT2D eigenvalue weighted by atomic mass is 10.1. The Kier molecular flexibility index (Phi) is 11.8. The number of ether oxygens (including phenoxy) is 2. The average Bonchev–Trinajstić information content (AvgIpc) is 3.54. The van der Waals surface area contributed by atoms with Crippen LogP contribution in [0.25, 0.3) is 10.9 Å². The van der Waals surface area contributed by atoms with E-state index >= 15 is 0 Å². The molecule has 3 heterocycles. The van der Waals surface area contributed by atoms with Gasteiger partial charge in [0.25, 0.3) is 11.8 Å². The van der Waals surface area contributed by atoms with E-state index in [0.717, 1.165) is 18.4 Å². The molecule has 0 saturated carbocycles. The van der Waals surface area contributed by atoms with Gasteiger partial charge in [-0.25, -0.2) is 9.78 Å². The zero-order chi connectivity index (χ0) is 34.1. The third kappa shape index (κ3) is 9.68. The molecule has 1 unspecified atom stereocenters. The number of carbonyl (C=O) groups excluding carboxylic acids is 5. The monoisotopic (exact) mass is 664 g/mol. The number of nitrogens with one attached hydrogen (secondary N) is 2. The van der Waals surface area contributed by atoms with E-state index in [9.17, 15) is 37.1 Å². The van der Waals surface area contributed by atoms with Crippen molar-refractivity contribution < 1.29 is 46.6 Å². The summed E-state index contributed by atoms with van der Waals surface area (Å²) in [5.41, 5.74) is 1.18. The number of likely N-dealkylation sites (tertiary alicyclic amines) is 1. The van der Waals surface area contributed by atoms with E-state index < -0.39 is 49.2 Å². The molecule has 0 bridgehead atoms. The van der Waals surface area contributed by atoms with Gasteiger partial charge in [-0.2, -0.15) is 13.2 Å². The van der Waals surface area contributed by atoms with Crippen molar-refractivity contribution in [2.45, 2.75) is 51.7 Å². The summed E-state index contributed by atoms with van der Waals surface area (Å²) in [6, 6.07) is 5.52. The standard InChI is InChI=1S/C31H39F3N6O7/c1-3-4-14-46-30(45)39-12-10-38(11-13-39)26(41)17-35-28(43)23-16-25(21-8-7-20(2)15-22(21)37-23)47-18-27(42)40-9-5-6-24(40)29(44)36-19-31(32,33)34/h7-8,15-16,24H,3-6,9-14,17-19H2,1-2H3,(H,35,43)(H,36,44). The number of pyridine rings is 1. The highest BCUT2D eigenvalue weighted by Gasteiger charge is 2.36. The van der Waals surface area contributed by atoms with Gasteiger partial charge < -0.3 is 34.8 Å². The number of piperazine rings is 1. The number of benzene rings is 1. The summed E-state index contributed by atoms with van der Waals surface area (Å²) in [4.78, 5) is 72.2. The minimum Gasteiger partial charge on any atom is -0.483 e. The lowest BCUT2D eigenvalue weighted by Gasteiger charge is -2.34. The number of rotatable bonds is 11. The molecule has 2 fully saturated rings. The van der Waals surface area contributed by atoms with Crippen molar-refractivity contribution >= 4 is 40.6 Å². The Morgan fingerprint density at radius 3 is 2.40 bits per heavy atom. The van der Waals surface area contributed by atoms with Crippen molar-refractivity contribution in [3.63, 3.8) is 0 Å². The van der Waals surface area contributed by atoms with E-state index in [2.05, 4.69) is 10.3 Å². The normalized spacial score (nSPS) is 16.6. The largest absolute Gasteiger partial charge is 0.483 e. The van der Waals surface area contributed by atoms with Gasteiger partial charge in [0, 0.05) is 44.2 Å². The van der Waals surface area contributed by atoms with Gasteiger partial charge in [0.15, 0.2) is 6.61 Å². The van der Waals surface area contributed by atoms with Crippen LogP contribution in [0.5, 0.6) is 5.75 Å². The Balaban J connectivity index is 1.36. The summed E-state index contributed by atoms with van der Waals surface area (Å²) >= 11 is 0. The lowest BCUT2D eigenvalue weighted by molar-refractivity contribution is -0.145. The number of aryl methyl sites for hydroxylation is 1. The number of alkyl halides is 3. The van der Waals surface area contributed by atoms with Gasteiger partial charge in [0.2, 0.25) is 11.8 Å². The number of fused-ring (bicyclic) bond motifs is 1. The van der Waals surface area contributed by atoms with Gasteiger partial charge in [-0.05, 0) is 43.9 Å². The molecule has 1 aromatic heterocycles. The first kappa shape index (κ1) is 35.2. The molecule has 4 rings (SSSR count). The summed E-state index contributed by atoms with van der Waals surface area (Å²) < 4.78 is 48.8. The van der Waals surface area contributed by atoms with E-state index in [1.165, 1.54) is 15.9 Å². The van der Waals surface area contributed by atoms with Crippen LogP contribution in [0.1, 0.15) is 48.7 Å². The number of carbonyl (C=O) groups is 5. The van der Waals surface area contributed by atoms with Crippen LogP contribution in [0, 0.1) is 6.92 Å². The number of hydrogen-bond donors (Lipinski definition) is 2. The van der Waals surface area contributed by atoms with Crippen LogP contribution in [0.3, 0.4) is 0 Å². The summed E-state index contributed by atoms with van der Waals surface area (Å²) in [7, 11) is 0. The summed E-state index contributed by atoms with van der Waals surface area (Å²) in [6.45, 7) is 3.22. The van der Waals surface area contributed by atoms with Gasteiger partial charge in [0.1, 0.15) is 24.0 Å². The number of amides is 5. The molecule has 2 N–H and O–H groups in total. The fourth-order valence-corrected chi connectivity index (χ4v) is 5.30. The van der Waals surface area contributed by atoms with Crippen molar-refractivity contribution in [1.29, 1.82) is 0 Å². The van der Waals surface area contributed by atoms with Gasteiger partial charge >= 0.3 is 12.3 Å². The lowest BCUT2D eigenvalue weighted by Crippen LogP contribution is -2.52. The SMILES string of the molecule is CCCCOC(=O)N1CCN(C(=O)CNC(=O)c2cc(OCC(=O)N3CCCC3C(=O)NCC(F)(F)F)c3ccc(C)cc3n2)CC1. The van der Waals surface area contributed by atoms with Crippen LogP contribution in [0.4, 0.5) is 18.0 Å². The molecular weight excluding hydrogens is 625 g/mol.